The van der Waals surface area contributed by atoms with Crippen LogP contribution in [0.25, 0.3) is 0 Å². The minimum atomic E-state index is 0.345. The molecular formula is C11H10ClN3O. The van der Waals surface area contributed by atoms with Crippen molar-refractivity contribution < 1.29 is 4.74 Å². The Bertz CT molecular complexity index is 456. The highest BCUT2D eigenvalue weighted by atomic mass is 35.5. The van der Waals surface area contributed by atoms with E-state index in [9.17, 15) is 0 Å². The highest BCUT2D eigenvalue weighted by Gasteiger charge is 1.99. The standard InChI is InChI=1S/C11H10ClN3O/c1-13-8-2-4-9(5-3-8)16-11-7-6-10(12)14-15-11/h2-7,13H,1H3. The average Bonchev–Trinajstić information content (AvgIpc) is 2.33. The molecule has 0 saturated carbocycles. The van der Waals surface area contributed by atoms with E-state index in [1.165, 1.54) is 0 Å². The molecule has 0 saturated heterocycles. The summed E-state index contributed by atoms with van der Waals surface area (Å²) < 4.78 is 5.47. The molecule has 1 aromatic heterocycles. The van der Waals surface area contributed by atoms with Crippen LogP contribution in [-0.4, -0.2) is 17.2 Å². The van der Waals surface area contributed by atoms with Crippen molar-refractivity contribution >= 4 is 17.3 Å². The fraction of sp³-hybridized carbons (Fsp3) is 0.0909. The van der Waals surface area contributed by atoms with Crippen molar-refractivity contribution in [2.75, 3.05) is 12.4 Å². The van der Waals surface area contributed by atoms with Crippen molar-refractivity contribution in [2.24, 2.45) is 0 Å². The lowest BCUT2D eigenvalue weighted by Gasteiger charge is -2.04. The molecule has 0 radical (unpaired) electrons. The highest BCUT2D eigenvalue weighted by molar-refractivity contribution is 6.29. The van der Waals surface area contributed by atoms with Gasteiger partial charge in [-0.3, -0.25) is 0 Å². The average molecular weight is 236 g/mol. The van der Waals surface area contributed by atoms with Crippen LogP contribution in [0.1, 0.15) is 0 Å². The first-order valence-electron chi connectivity index (χ1n) is 4.73. The minimum Gasteiger partial charge on any atom is -0.438 e. The molecule has 0 atom stereocenters. The zero-order valence-electron chi connectivity index (χ0n) is 8.64. The van der Waals surface area contributed by atoms with Gasteiger partial charge in [-0.1, -0.05) is 11.6 Å². The van der Waals surface area contributed by atoms with Crippen molar-refractivity contribution in [3.8, 4) is 11.6 Å². The van der Waals surface area contributed by atoms with E-state index in [4.69, 9.17) is 16.3 Å². The Kier molecular flexibility index (Phi) is 3.22. The van der Waals surface area contributed by atoms with Gasteiger partial charge in [-0.2, -0.15) is 0 Å². The van der Waals surface area contributed by atoms with Crippen LogP contribution in [0.3, 0.4) is 0 Å². The maximum atomic E-state index is 5.62. The van der Waals surface area contributed by atoms with Gasteiger partial charge in [0.15, 0.2) is 5.15 Å². The third-order valence-electron chi connectivity index (χ3n) is 1.97. The van der Waals surface area contributed by atoms with Crippen molar-refractivity contribution in [3.63, 3.8) is 0 Å². The molecule has 0 aliphatic rings. The molecule has 0 aliphatic carbocycles. The summed E-state index contributed by atoms with van der Waals surface area (Å²) in [6.45, 7) is 0. The van der Waals surface area contributed by atoms with Crippen LogP contribution in [0.5, 0.6) is 11.6 Å². The summed E-state index contributed by atoms with van der Waals surface area (Å²) in [5, 5.41) is 10.9. The second kappa shape index (κ2) is 4.81. The smallest absolute Gasteiger partial charge is 0.238 e. The fourth-order valence-corrected chi connectivity index (χ4v) is 1.27. The molecule has 1 N–H and O–H groups in total. The van der Waals surface area contributed by atoms with Crippen molar-refractivity contribution in [1.29, 1.82) is 0 Å². The molecule has 0 unspecified atom stereocenters. The Hall–Kier alpha value is -1.81. The van der Waals surface area contributed by atoms with Crippen LogP contribution in [0, 0.1) is 0 Å². The number of nitrogens with one attached hydrogen (secondary N) is 1. The van der Waals surface area contributed by atoms with Gasteiger partial charge in [0.05, 0.1) is 0 Å². The largest absolute Gasteiger partial charge is 0.438 e. The number of halogens is 1. The zero-order valence-corrected chi connectivity index (χ0v) is 9.40. The molecule has 0 bridgehead atoms. The van der Waals surface area contributed by atoms with E-state index in [0.29, 0.717) is 16.8 Å². The Labute approximate surface area is 98.2 Å². The Morgan fingerprint density at radius 2 is 1.81 bits per heavy atom. The molecule has 16 heavy (non-hydrogen) atoms. The quantitative estimate of drug-likeness (QED) is 0.889. The van der Waals surface area contributed by atoms with E-state index >= 15 is 0 Å². The molecular weight excluding hydrogens is 226 g/mol. The second-order valence-corrected chi connectivity index (χ2v) is 3.46. The molecule has 2 rings (SSSR count). The number of benzene rings is 1. The molecule has 0 spiro atoms. The van der Waals surface area contributed by atoms with Gasteiger partial charge in [0.2, 0.25) is 5.88 Å². The second-order valence-electron chi connectivity index (χ2n) is 3.07. The first kappa shape index (κ1) is 10.7. The molecule has 1 aromatic carbocycles. The summed E-state index contributed by atoms with van der Waals surface area (Å²) >= 11 is 5.62. The number of aromatic nitrogens is 2. The summed E-state index contributed by atoms with van der Waals surface area (Å²) in [6, 6.07) is 10.8. The predicted molar refractivity (Wildman–Crippen MR) is 63.1 cm³/mol. The summed E-state index contributed by atoms with van der Waals surface area (Å²) in [4.78, 5) is 0. The van der Waals surface area contributed by atoms with Crippen LogP contribution >= 0.6 is 11.6 Å². The Morgan fingerprint density at radius 1 is 1.06 bits per heavy atom. The van der Waals surface area contributed by atoms with E-state index in [1.807, 2.05) is 31.3 Å². The Balaban J connectivity index is 2.11. The maximum Gasteiger partial charge on any atom is 0.238 e. The first-order chi connectivity index (χ1) is 7.78. The third-order valence-corrected chi connectivity index (χ3v) is 2.17. The van der Waals surface area contributed by atoms with Crippen LogP contribution in [0.4, 0.5) is 5.69 Å². The number of hydrogen-bond donors (Lipinski definition) is 1. The topological polar surface area (TPSA) is 47.0 Å². The van der Waals surface area contributed by atoms with Crippen LogP contribution in [0.15, 0.2) is 36.4 Å². The van der Waals surface area contributed by atoms with E-state index < -0.39 is 0 Å². The van der Waals surface area contributed by atoms with Crippen molar-refractivity contribution in [2.45, 2.75) is 0 Å². The van der Waals surface area contributed by atoms with E-state index in [0.717, 1.165) is 5.69 Å². The van der Waals surface area contributed by atoms with Gasteiger partial charge in [-0.15, -0.1) is 10.2 Å². The summed E-state index contributed by atoms with van der Waals surface area (Å²) in [5.41, 5.74) is 1.02. The molecule has 0 amide bonds. The van der Waals surface area contributed by atoms with Gasteiger partial charge in [0, 0.05) is 18.8 Å². The van der Waals surface area contributed by atoms with E-state index in [1.54, 1.807) is 12.1 Å². The lowest BCUT2D eigenvalue weighted by Crippen LogP contribution is -1.91. The predicted octanol–water partition coefficient (Wildman–Crippen LogP) is 2.96. The number of hydrogen-bond acceptors (Lipinski definition) is 4. The van der Waals surface area contributed by atoms with Crippen LogP contribution in [0.2, 0.25) is 5.15 Å². The molecule has 4 nitrogen and oxygen atoms in total. The first-order valence-corrected chi connectivity index (χ1v) is 5.10. The van der Waals surface area contributed by atoms with Gasteiger partial charge in [-0.05, 0) is 30.3 Å². The molecule has 1 heterocycles. The maximum absolute atomic E-state index is 5.62. The highest BCUT2D eigenvalue weighted by Crippen LogP contribution is 2.21. The third kappa shape index (κ3) is 2.61. The summed E-state index contributed by atoms with van der Waals surface area (Å²) in [6.07, 6.45) is 0. The SMILES string of the molecule is CNc1ccc(Oc2ccc(Cl)nn2)cc1. The molecule has 0 aliphatic heterocycles. The van der Waals surface area contributed by atoms with Crippen molar-refractivity contribution in [3.05, 3.63) is 41.6 Å². The van der Waals surface area contributed by atoms with E-state index in [-0.39, 0.29) is 0 Å². The van der Waals surface area contributed by atoms with Crippen LogP contribution < -0.4 is 10.1 Å². The zero-order chi connectivity index (χ0) is 11.4. The fourth-order valence-electron chi connectivity index (χ4n) is 1.17. The molecule has 0 fully saturated rings. The van der Waals surface area contributed by atoms with Gasteiger partial charge in [-0.25, -0.2) is 0 Å². The van der Waals surface area contributed by atoms with E-state index in [2.05, 4.69) is 15.5 Å². The van der Waals surface area contributed by atoms with Crippen LogP contribution in [-0.2, 0) is 0 Å². The Morgan fingerprint density at radius 3 is 2.38 bits per heavy atom. The molecule has 5 heteroatoms. The van der Waals surface area contributed by atoms with Gasteiger partial charge < -0.3 is 10.1 Å². The molecule has 2 aromatic rings. The van der Waals surface area contributed by atoms with Crippen molar-refractivity contribution in [1.82, 2.24) is 10.2 Å². The lowest BCUT2D eigenvalue weighted by atomic mass is 10.3. The number of rotatable bonds is 3. The normalized spacial score (nSPS) is 9.88. The summed E-state index contributed by atoms with van der Waals surface area (Å²) in [7, 11) is 1.86. The number of ether oxygens (including phenoxy) is 1. The lowest BCUT2D eigenvalue weighted by molar-refractivity contribution is 0.455. The number of nitrogens with zero attached hydrogens (tertiary/aromatic N) is 2. The van der Waals surface area contributed by atoms with Gasteiger partial charge in [0.25, 0.3) is 0 Å². The monoisotopic (exact) mass is 235 g/mol. The summed E-state index contributed by atoms with van der Waals surface area (Å²) in [5.74, 6) is 1.12. The van der Waals surface area contributed by atoms with Gasteiger partial charge in [0.1, 0.15) is 5.75 Å². The molecule has 82 valence electrons. The number of anilines is 1. The minimum absolute atomic E-state index is 0.345. The van der Waals surface area contributed by atoms with Gasteiger partial charge >= 0.3 is 0 Å².